The van der Waals surface area contributed by atoms with Gasteiger partial charge >= 0.3 is 5.97 Å². The second-order valence-electron chi connectivity index (χ2n) is 6.68. The third kappa shape index (κ3) is 6.34. The van der Waals surface area contributed by atoms with E-state index in [-0.39, 0.29) is 24.8 Å². The number of nitrogens with zero attached hydrogens (tertiary/aromatic N) is 2. The molecule has 1 N–H and O–H groups in total. The Bertz CT molecular complexity index is 845. The number of carbonyl (C=O) groups excluding carboxylic acids is 3. The molecule has 0 atom stereocenters. The summed E-state index contributed by atoms with van der Waals surface area (Å²) in [6, 6.07) is 14.1. The summed E-state index contributed by atoms with van der Waals surface area (Å²) < 4.78 is 4.96. The maximum Gasteiger partial charge on any atom is 0.338 e. The van der Waals surface area contributed by atoms with Gasteiger partial charge in [0.1, 0.15) is 0 Å². The number of esters is 1. The number of hydrogen-bond donors (Lipinski definition) is 1. The van der Waals surface area contributed by atoms with Gasteiger partial charge in [0.15, 0.2) is 0 Å². The second-order valence-corrected chi connectivity index (χ2v) is 6.68. The van der Waals surface area contributed by atoms with Gasteiger partial charge in [0, 0.05) is 51.0 Å². The molecule has 0 fully saturated rings. The molecule has 2 aromatic carbocycles. The van der Waals surface area contributed by atoms with Crippen molar-refractivity contribution < 1.29 is 19.1 Å². The van der Waals surface area contributed by atoms with Crippen LogP contribution in [0.3, 0.4) is 0 Å². The lowest BCUT2D eigenvalue weighted by molar-refractivity contribution is -0.117. The molecule has 154 valence electrons. The first-order valence-corrected chi connectivity index (χ1v) is 9.44. The van der Waals surface area contributed by atoms with Crippen molar-refractivity contribution in [3.05, 3.63) is 54.1 Å². The fourth-order valence-electron chi connectivity index (χ4n) is 2.74. The zero-order valence-corrected chi connectivity index (χ0v) is 17.3. The van der Waals surface area contributed by atoms with Crippen molar-refractivity contribution in [3.63, 3.8) is 0 Å². The molecule has 0 saturated carbocycles. The number of nitrogens with one attached hydrogen (secondary N) is 1. The first-order chi connectivity index (χ1) is 13.8. The molecule has 0 aromatic heterocycles. The molecule has 0 spiro atoms. The summed E-state index contributed by atoms with van der Waals surface area (Å²) in [5.74, 6) is -0.776. The molecule has 0 heterocycles. The first kappa shape index (κ1) is 21.9. The van der Waals surface area contributed by atoms with E-state index in [0.717, 1.165) is 5.69 Å². The van der Waals surface area contributed by atoms with Gasteiger partial charge in [-0.1, -0.05) is 0 Å². The van der Waals surface area contributed by atoms with Gasteiger partial charge in [0.2, 0.25) is 11.8 Å². The van der Waals surface area contributed by atoms with Crippen LogP contribution in [0.25, 0.3) is 0 Å². The zero-order chi connectivity index (χ0) is 21.4. The molecule has 2 aromatic rings. The van der Waals surface area contributed by atoms with Gasteiger partial charge in [0.25, 0.3) is 0 Å². The Morgan fingerprint density at radius 2 is 1.52 bits per heavy atom. The highest BCUT2D eigenvalue weighted by atomic mass is 16.5. The standard InChI is InChI=1S/C22H27N3O4/c1-5-29-22(28)17-6-10-20(11-7-17)25(16(2)26)15-14-21(27)23-18-8-12-19(13-9-18)24(3)4/h6-13H,5,14-15H2,1-4H3,(H,23,27). The van der Waals surface area contributed by atoms with Gasteiger partial charge in [-0.2, -0.15) is 0 Å². The van der Waals surface area contributed by atoms with E-state index < -0.39 is 5.97 Å². The lowest BCUT2D eigenvalue weighted by Gasteiger charge is -2.21. The number of benzene rings is 2. The van der Waals surface area contributed by atoms with Crippen LogP contribution in [0.2, 0.25) is 0 Å². The molecule has 2 amide bonds. The number of anilines is 3. The van der Waals surface area contributed by atoms with E-state index in [4.69, 9.17) is 4.74 Å². The minimum atomic E-state index is -0.409. The fourth-order valence-corrected chi connectivity index (χ4v) is 2.74. The van der Waals surface area contributed by atoms with Crippen molar-refractivity contribution in [1.29, 1.82) is 0 Å². The summed E-state index contributed by atoms with van der Waals surface area (Å²) in [7, 11) is 3.90. The molecule has 7 heteroatoms. The van der Waals surface area contributed by atoms with E-state index >= 15 is 0 Å². The van der Waals surface area contributed by atoms with Crippen LogP contribution in [0.1, 0.15) is 30.6 Å². The molecule has 29 heavy (non-hydrogen) atoms. The Morgan fingerprint density at radius 1 is 0.931 bits per heavy atom. The minimum absolute atomic E-state index is 0.147. The quantitative estimate of drug-likeness (QED) is 0.692. The van der Waals surface area contributed by atoms with Crippen LogP contribution in [0, 0.1) is 0 Å². The van der Waals surface area contributed by atoms with Gasteiger partial charge in [-0.05, 0) is 55.5 Å². The number of ether oxygens (including phenoxy) is 1. The van der Waals surface area contributed by atoms with Gasteiger partial charge < -0.3 is 19.9 Å². The molecule has 0 aliphatic rings. The summed E-state index contributed by atoms with van der Waals surface area (Å²) in [6.45, 7) is 3.71. The number of hydrogen-bond acceptors (Lipinski definition) is 5. The molecule has 7 nitrogen and oxygen atoms in total. The highest BCUT2D eigenvalue weighted by Crippen LogP contribution is 2.18. The highest BCUT2D eigenvalue weighted by Gasteiger charge is 2.15. The fraction of sp³-hybridized carbons (Fsp3) is 0.318. The van der Waals surface area contributed by atoms with E-state index in [0.29, 0.717) is 23.5 Å². The summed E-state index contributed by atoms with van der Waals surface area (Å²) in [5.41, 5.74) is 2.78. The summed E-state index contributed by atoms with van der Waals surface area (Å²) in [4.78, 5) is 39.5. The van der Waals surface area contributed by atoms with E-state index in [9.17, 15) is 14.4 Å². The van der Waals surface area contributed by atoms with Gasteiger partial charge in [-0.3, -0.25) is 9.59 Å². The predicted octanol–water partition coefficient (Wildman–Crippen LogP) is 3.31. The average Bonchev–Trinajstić information content (AvgIpc) is 2.69. The Balaban J connectivity index is 1.97. The van der Waals surface area contributed by atoms with Crippen molar-refractivity contribution >= 4 is 34.8 Å². The molecule has 0 unspecified atom stereocenters. The van der Waals surface area contributed by atoms with Crippen molar-refractivity contribution in [1.82, 2.24) is 0 Å². The molecule has 0 saturated heterocycles. The maximum atomic E-state index is 12.3. The lowest BCUT2D eigenvalue weighted by Crippen LogP contribution is -2.32. The van der Waals surface area contributed by atoms with Crippen LogP contribution in [0.4, 0.5) is 17.1 Å². The Hall–Kier alpha value is -3.35. The summed E-state index contributed by atoms with van der Waals surface area (Å²) in [5, 5.41) is 2.84. The van der Waals surface area contributed by atoms with Crippen LogP contribution < -0.4 is 15.1 Å². The smallest absolute Gasteiger partial charge is 0.338 e. The Kier molecular flexibility index (Phi) is 7.77. The largest absolute Gasteiger partial charge is 0.462 e. The predicted molar refractivity (Wildman–Crippen MR) is 114 cm³/mol. The second kappa shape index (κ2) is 10.3. The molecule has 0 aliphatic carbocycles. The van der Waals surface area contributed by atoms with Gasteiger partial charge in [-0.25, -0.2) is 4.79 Å². The van der Waals surface area contributed by atoms with Crippen LogP contribution in [0.15, 0.2) is 48.5 Å². The monoisotopic (exact) mass is 397 g/mol. The Labute approximate surface area is 171 Å². The van der Waals surface area contributed by atoms with Crippen molar-refractivity contribution in [2.24, 2.45) is 0 Å². The lowest BCUT2D eigenvalue weighted by atomic mass is 10.2. The van der Waals surface area contributed by atoms with E-state index in [1.165, 1.54) is 11.8 Å². The van der Waals surface area contributed by atoms with E-state index in [1.54, 1.807) is 31.2 Å². The summed E-state index contributed by atoms with van der Waals surface area (Å²) >= 11 is 0. The zero-order valence-electron chi connectivity index (χ0n) is 17.3. The van der Waals surface area contributed by atoms with Crippen molar-refractivity contribution in [3.8, 4) is 0 Å². The number of amides is 2. The third-order valence-electron chi connectivity index (χ3n) is 4.30. The Morgan fingerprint density at radius 3 is 2.03 bits per heavy atom. The summed E-state index contributed by atoms with van der Waals surface area (Å²) in [6.07, 6.45) is 0.147. The average molecular weight is 397 g/mol. The van der Waals surface area contributed by atoms with Gasteiger partial charge in [0.05, 0.1) is 12.2 Å². The van der Waals surface area contributed by atoms with Crippen LogP contribution in [-0.2, 0) is 14.3 Å². The first-order valence-electron chi connectivity index (χ1n) is 9.44. The molecule has 0 bridgehead atoms. The number of carbonyl (C=O) groups is 3. The van der Waals surface area contributed by atoms with Crippen LogP contribution in [0.5, 0.6) is 0 Å². The normalized spacial score (nSPS) is 10.2. The van der Waals surface area contributed by atoms with Crippen LogP contribution in [-0.4, -0.2) is 45.0 Å². The topological polar surface area (TPSA) is 79.0 Å². The van der Waals surface area contributed by atoms with Crippen LogP contribution >= 0.6 is 0 Å². The molecule has 2 rings (SSSR count). The van der Waals surface area contributed by atoms with Gasteiger partial charge in [-0.15, -0.1) is 0 Å². The maximum absolute atomic E-state index is 12.3. The third-order valence-corrected chi connectivity index (χ3v) is 4.30. The molecule has 0 radical (unpaired) electrons. The van der Waals surface area contributed by atoms with E-state index in [2.05, 4.69) is 5.32 Å². The van der Waals surface area contributed by atoms with Crippen molar-refractivity contribution in [2.45, 2.75) is 20.3 Å². The molecular weight excluding hydrogens is 370 g/mol. The SMILES string of the molecule is CCOC(=O)c1ccc(N(CCC(=O)Nc2ccc(N(C)C)cc2)C(C)=O)cc1. The molecular formula is C22H27N3O4. The molecule has 0 aliphatic heterocycles. The number of rotatable bonds is 8. The highest BCUT2D eigenvalue weighted by molar-refractivity contribution is 5.95. The minimum Gasteiger partial charge on any atom is -0.462 e. The van der Waals surface area contributed by atoms with Crippen molar-refractivity contribution in [2.75, 3.05) is 42.4 Å². The van der Waals surface area contributed by atoms with E-state index in [1.807, 2.05) is 43.3 Å².